The zero-order chi connectivity index (χ0) is 19.4. The van der Waals surface area contributed by atoms with Crippen molar-refractivity contribution in [3.8, 4) is 0 Å². The fourth-order valence-electron chi connectivity index (χ4n) is 2.63. The van der Waals surface area contributed by atoms with Crippen LogP contribution in [0.4, 0.5) is 0 Å². The molecule has 2 heterocycles. The molecule has 0 saturated carbocycles. The highest BCUT2D eigenvalue weighted by Gasteiger charge is 2.20. The predicted molar refractivity (Wildman–Crippen MR) is 100 cm³/mol. The van der Waals surface area contributed by atoms with Gasteiger partial charge in [-0.05, 0) is 26.3 Å². The summed E-state index contributed by atoms with van der Waals surface area (Å²) in [7, 11) is 1.55. The topological polar surface area (TPSA) is 115 Å². The van der Waals surface area contributed by atoms with E-state index in [-0.39, 0.29) is 23.8 Å². The summed E-state index contributed by atoms with van der Waals surface area (Å²) in [5, 5.41) is 12.7. The maximum Gasteiger partial charge on any atom is 0.348 e. The van der Waals surface area contributed by atoms with Gasteiger partial charge in [-0.3, -0.25) is 13.9 Å². The van der Waals surface area contributed by atoms with Crippen molar-refractivity contribution in [3.63, 3.8) is 0 Å². The number of hydrazone groups is 1. The van der Waals surface area contributed by atoms with Gasteiger partial charge in [0.25, 0.3) is 5.56 Å². The zero-order valence-corrected chi connectivity index (χ0v) is 15.9. The van der Waals surface area contributed by atoms with Gasteiger partial charge in [0, 0.05) is 18.0 Å². The molecule has 2 aromatic heterocycles. The first-order valence-electron chi connectivity index (χ1n) is 8.04. The first kappa shape index (κ1) is 19.9. The maximum absolute atomic E-state index is 12.9. The molecule has 2 rings (SSSR count). The normalized spacial score (nSPS) is 11.7. The highest BCUT2D eigenvalue weighted by molar-refractivity contribution is 7.18. The third-order valence-corrected chi connectivity index (χ3v) is 5.20. The van der Waals surface area contributed by atoms with Crippen LogP contribution in [-0.2, 0) is 22.6 Å². The van der Waals surface area contributed by atoms with E-state index in [9.17, 15) is 14.4 Å². The Morgan fingerprint density at radius 3 is 2.69 bits per heavy atom. The van der Waals surface area contributed by atoms with Gasteiger partial charge >= 0.3 is 11.7 Å². The molecular weight excluding hydrogens is 360 g/mol. The van der Waals surface area contributed by atoms with Gasteiger partial charge < -0.3 is 15.3 Å². The number of aryl methyl sites for hydroxylation is 1. The summed E-state index contributed by atoms with van der Waals surface area (Å²) in [5.41, 5.74) is 2.73. The average molecular weight is 382 g/mol. The summed E-state index contributed by atoms with van der Waals surface area (Å²) >= 11 is 1.32. The smallest absolute Gasteiger partial charge is 0.348 e. The van der Waals surface area contributed by atoms with Gasteiger partial charge in [0.05, 0.1) is 25.1 Å². The maximum atomic E-state index is 12.9. The van der Waals surface area contributed by atoms with E-state index in [1.165, 1.54) is 15.9 Å². The number of fused-ring (bicyclic) bond motifs is 1. The number of rotatable bonds is 8. The lowest BCUT2D eigenvalue weighted by atomic mass is 10.2. The number of carboxylic acid groups (broad SMARTS) is 1. The summed E-state index contributed by atoms with van der Waals surface area (Å²) in [6.45, 7) is 6.34. The van der Waals surface area contributed by atoms with Gasteiger partial charge in [-0.1, -0.05) is 0 Å². The van der Waals surface area contributed by atoms with Crippen LogP contribution in [0, 0.1) is 6.92 Å². The Morgan fingerprint density at radius 1 is 1.42 bits per heavy atom. The summed E-state index contributed by atoms with van der Waals surface area (Å²) in [4.78, 5) is 37.5. The van der Waals surface area contributed by atoms with Crippen molar-refractivity contribution in [1.82, 2.24) is 14.6 Å². The van der Waals surface area contributed by atoms with Crippen LogP contribution < -0.4 is 16.7 Å². The number of hydrogen-bond acceptors (Lipinski definition) is 7. The van der Waals surface area contributed by atoms with E-state index in [1.807, 2.05) is 6.92 Å². The summed E-state index contributed by atoms with van der Waals surface area (Å²) < 4.78 is 7.89. The van der Waals surface area contributed by atoms with Gasteiger partial charge in [0.2, 0.25) is 0 Å². The molecule has 0 radical (unpaired) electrons. The fraction of sp³-hybridized carbons (Fsp3) is 0.500. The Labute approximate surface area is 153 Å². The third-order valence-electron chi connectivity index (χ3n) is 3.88. The number of nitrogens with one attached hydrogen (secondary N) is 1. The lowest BCUT2D eigenvalue weighted by molar-refractivity contribution is -0.128. The van der Waals surface area contributed by atoms with Gasteiger partial charge in [-0.15, -0.1) is 11.3 Å². The molecule has 2 N–H and O–H groups in total. The molecule has 0 saturated heterocycles. The van der Waals surface area contributed by atoms with Gasteiger partial charge in [-0.2, -0.15) is 5.10 Å². The molecule has 2 aromatic rings. The van der Waals surface area contributed by atoms with Gasteiger partial charge in [0.15, 0.2) is 0 Å². The van der Waals surface area contributed by atoms with Crippen LogP contribution in [0.3, 0.4) is 0 Å². The number of thiophene rings is 1. The van der Waals surface area contributed by atoms with Crippen LogP contribution in [0.2, 0.25) is 0 Å². The molecule has 0 aliphatic carbocycles. The van der Waals surface area contributed by atoms with Crippen molar-refractivity contribution >= 4 is 33.7 Å². The second kappa shape index (κ2) is 8.28. The monoisotopic (exact) mass is 382 g/mol. The van der Waals surface area contributed by atoms with Gasteiger partial charge in [0.1, 0.15) is 11.0 Å². The standard InChI is InChI=1S/C16H22N4O5S/c1-9(2)20-14(23)13-10(3)11(7-17-18-8-12(21)22)26-15(13)19(16(20)24)5-6-25-4/h8-9,17H,5-7H2,1-4H3,(H,21,22). The van der Waals surface area contributed by atoms with Crippen molar-refractivity contribution < 1.29 is 14.6 Å². The van der Waals surface area contributed by atoms with E-state index in [1.54, 1.807) is 25.5 Å². The number of aromatic nitrogens is 2. The van der Waals surface area contributed by atoms with Crippen molar-refractivity contribution in [3.05, 3.63) is 31.3 Å². The van der Waals surface area contributed by atoms with E-state index >= 15 is 0 Å². The molecule has 0 aliphatic heterocycles. The molecule has 0 fully saturated rings. The van der Waals surface area contributed by atoms with Crippen molar-refractivity contribution in [2.45, 2.75) is 39.9 Å². The number of nitrogens with zero attached hydrogens (tertiary/aromatic N) is 3. The highest BCUT2D eigenvalue weighted by Crippen LogP contribution is 2.28. The molecule has 0 bridgehead atoms. The SMILES string of the molecule is COCCn1c(=O)n(C(C)C)c(=O)c2c(C)c(CNN=CC(=O)O)sc21. The summed E-state index contributed by atoms with van der Waals surface area (Å²) in [6.07, 6.45) is 0.753. The van der Waals surface area contributed by atoms with Crippen LogP contribution in [0.15, 0.2) is 14.7 Å². The molecule has 0 aromatic carbocycles. The predicted octanol–water partition coefficient (Wildman–Crippen LogP) is 0.920. The van der Waals surface area contributed by atoms with Gasteiger partial charge in [-0.25, -0.2) is 9.59 Å². The third kappa shape index (κ3) is 3.86. The van der Waals surface area contributed by atoms with E-state index < -0.39 is 5.97 Å². The molecule has 0 unspecified atom stereocenters. The lowest BCUT2D eigenvalue weighted by Gasteiger charge is -2.14. The van der Waals surface area contributed by atoms with E-state index in [2.05, 4.69) is 10.5 Å². The summed E-state index contributed by atoms with van der Waals surface area (Å²) in [5.74, 6) is -1.15. The zero-order valence-electron chi connectivity index (χ0n) is 15.1. The van der Waals surface area contributed by atoms with Crippen molar-refractivity contribution in [1.29, 1.82) is 0 Å². The fourth-order valence-corrected chi connectivity index (χ4v) is 3.88. The van der Waals surface area contributed by atoms with Crippen LogP contribution in [0.5, 0.6) is 0 Å². The number of aliphatic carboxylic acids is 1. The molecular formula is C16H22N4O5S. The molecule has 0 spiro atoms. The van der Waals surface area contributed by atoms with Crippen LogP contribution in [0.25, 0.3) is 10.2 Å². The number of hydrogen-bond donors (Lipinski definition) is 2. The van der Waals surface area contributed by atoms with Crippen molar-refractivity contribution in [2.24, 2.45) is 5.10 Å². The van der Waals surface area contributed by atoms with E-state index in [0.717, 1.165) is 16.7 Å². The first-order valence-corrected chi connectivity index (χ1v) is 8.86. The Balaban J connectivity index is 2.61. The molecule has 9 nitrogen and oxygen atoms in total. The second-order valence-corrected chi connectivity index (χ2v) is 7.04. The minimum Gasteiger partial charge on any atom is -0.477 e. The largest absolute Gasteiger partial charge is 0.477 e. The molecule has 0 atom stereocenters. The van der Waals surface area contributed by atoms with E-state index in [0.29, 0.717) is 23.4 Å². The molecule has 142 valence electrons. The number of carbonyl (C=O) groups is 1. The van der Waals surface area contributed by atoms with Crippen LogP contribution in [-0.4, -0.2) is 40.1 Å². The lowest BCUT2D eigenvalue weighted by Crippen LogP contribution is -2.41. The Kier molecular flexibility index (Phi) is 6.32. The summed E-state index contributed by atoms with van der Waals surface area (Å²) in [6, 6.07) is -0.269. The molecule has 0 aliphatic rings. The second-order valence-electron chi connectivity index (χ2n) is 5.96. The number of carboxylic acids is 1. The molecule has 10 heteroatoms. The number of ether oxygens (including phenoxy) is 1. The number of methoxy groups -OCH3 is 1. The Morgan fingerprint density at radius 2 is 2.12 bits per heavy atom. The minimum absolute atomic E-state index is 0.258. The first-order chi connectivity index (χ1) is 12.3. The van der Waals surface area contributed by atoms with Crippen molar-refractivity contribution in [2.75, 3.05) is 13.7 Å². The van der Waals surface area contributed by atoms with Crippen LogP contribution in [0.1, 0.15) is 30.3 Å². The molecule has 26 heavy (non-hydrogen) atoms. The Bertz CT molecular complexity index is 954. The van der Waals surface area contributed by atoms with Crippen LogP contribution >= 0.6 is 11.3 Å². The minimum atomic E-state index is -1.15. The molecule has 0 amide bonds. The highest BCUT2D eigenvalue weighted by atomic mass is 32.1. The average Bonchev–Trinajstić information content (AvgIpc) is 2.88. The quantitative estimate of drug-likeness (QED) is 0.518. The van der Waals surface area contributed by atoms with E-state index in [4.69, 9.17) is 9.84 Å². The Hall–Kier alpha value is -2.46.